The second-order valence-electron chi connectivity index (χ2n) is 5.22. The van der Waals surface area contributed by atoms with E-state index in [-0.39, 0.29) is 5.91 Å². The fourth-order valence-corrected chi connectivity index (χ4v) is 2.65. The van der Waals surface area contributed by atoms with Gasteiger partial charge in [0.1, 0.15) is 0 Å². The van der Waals surface area contributed by atoms with Gasteiger partial charge < -0.3 is 4.74 Å². The summed E-state index contributed by atoms with van der Waals surface area (Å²) in [6.45, 7) is 2.95. The highest BCUT2D eigenvalue weighted by molar-refractivity contribution is 5.78. The van der Waals surface area contributed by atoms with Crippen LogP contribution in [0.25, 0.3) is 0 Å². The molecule has 1 aliphatic rings. The third-order valence-electron chi connectivity index (χ3n) is 3.89. The maximum absolute atomic E-state index is 11.4. The Balaban J connectivity index is 1.97. The van der Waals surface area contributed by atoms with Crippen molar-refractivity contribution in [2.24, 2.45) is 5.84 Å². The van der Waals surface area contributed by atoms with E-state index in [1.54, 1.807) is 7.11 Å². The first kappa shape index (κ1) is 15.0. The molecule has 1 aromatic rings. The normalized spacial score (nSPS) is 17.1. The summed E-state index contributed by atoms with van der Waals surface area (Å²) >= 11 is 0. The highest BCUT2D eigenvalue weighted by atomic mass is 16.5. The number of amides is 1. The number of benzene rings is 1. The summed E-state index contributed by atoms with van der Waals surface area (Å²) in [5.74, 6) is 5.00. The minimum absolute atomic E-state index is 0.157. The number of carbonyl (C=O) groups excluding carboxylic acids is 1. The number of rotatable bonds is 5. The number of nitrogens with one attached hydrogen (secondary N) is 1. The molecule has 1 aromatic carbocycles. The van der Waals surface area contributed by atoms with E-state index >= 15 is 0 Å². The van der Waals surface area contributed by atoms with Gasteiger partial charge in [0.2, 0.25) is 5.91 Å². The monoisotopic (exact) mass is 277 g/mol. The number of nitrogens with zero attached hydrogens (tertiary/aromatic N) is 1. The van der Waals surface area contributed by atoms with Crippen LogP contribution in [-0.2, 0) is 22.5 Å². The first-order valence-electron chi connectivity index (χ1n) is 7.04. The SMILES string of the molecule is COC1CCN(Cc2ccccc2CC(=O)NN)CC1. The van der Waals surface area contributed by atoms with Gasteiger partial charge in [0.05, 0.1) is 12.5 Å². The van der Waals surface area contributed by atoms with Gasteiger partial charge in [-0.1, -0.05) is 24.3 Å². The molecule has 5 heteroatoms. The molecule has 2 rings (SSSR count). The van der Waals surface area contributed by atoms with Crippen molar-refractivity contribution in [3.05, 3.63) is 35.4 Å². The van der Waals surface area contributed by atoms with Crippen molar-refractivity contribution in [1.29, 1.82) is 0 Å². The molecule has 1 saturated heterocycles. The third kappa shape index (κ3) is 4.03. The standard InChI is InChI=1S/C15H23N3O2/c1-20-14-6-8-18(9-7-14)11-13-5-3-2-4-12(13)10-15(19)17-16/h2-5,14H,6-11,16H2,1H3,(H,17,19). The lowest BCUT2D eigenvalue weighted by molar-refractivity contribution is -0.120. The molecule has 0 aromatic heterocycles. The molecule has 0 radical (unpaired) electrons. The number of hydrogen-bond acceptors (Lipinski definition) is 4. The van der Waals surface area contributed by atoms with Crippen molar-refractivity contribution in [3.8, 4) is 0 Å². The number of methoxy groups -OCH3 is 1. The molecule has 110 valence electrons. The molecule has 20 heavy (non-hydrogen) atoms. The molecule has 1 heterocycles. The van der Waals surface area contributed by atoms with E-state index in [4.69, 9.17) is 10.6 Å². The predicted molar refractivity (Wildman–Crippen MR) is 77.8 cm³/mol. The van der Waals surface area contributed by atoms with E-state index in [9.17, 15) is 4.79 Å². The molecule has 0 atom stereocenters. The van der Waals surface area contributed by atoms with Gasteiger partial charge in [-0.2, -0.15) is 0 Å². The molecule has 3 N–H and O–H groups in total. The number of piperidine rings is 1. The smallest absolute Gasteiger partial charge is 0.238 e. The molecular weight excluding hydrogens is 254 g/mol. The Labute approximate surface area is 120 Å². The van der Waals surface area contributed by atoms with Crippen molar-refractivity contribution in [3.63, 3.8) is 0 Å². The summed E-state index contributed by atoms with van der Waals surface area (Å²) in [5, 5.41) is 0. The zero-order valence-electron chi connectivity index (χ0n) is 12.0. The van der Waals surface area contributed by atoms with Gasteiger partial charge in [-0.05, 0) is 24.0 Å². The third-order valence-corrected chi connectivity index (χ3v) is 3.89. The van der Waals surface area contributed by atoms with E-state index in [0.717, 1.165) is 38.0 Å². The maximum atomic E-state index is 11.4. The summed E-state index contributed by atoms with van der Waals surface area (Å²) in [5.41, 5.74) is 4.44. The average Bonchev–Trinajstić information content (AvgIpc) is 2.50. The van der Waals surface area contributed by atoms with Gasteiger partial charge in [0.15, 0.2) is 0 Å². The summed E-state index contributed by atoms with van der Waals surface area (Å²) in [6, 6.07) is 8.05. The Morgan fingerprint density at radius 1 is 1.35 bits per heavy atom. The zero-order chi connectivity index (χ0) is 14.4. The molecule has 5 nitrogen and oxygen atoms in total. The Morgan fingerprint density at radius 3 is 2.60 bits per heavy atom. The second kappa shape index (κ2) is 7.38. The summed E-state index contributed by atoms with van der Waals surface area (Å²) in [7, 11) is 1.78. The van der Waals surface area contributed by atoms with Crippen molar-refractivity contribution in [1.82, 2.24) is 10.3 Å². The number of likely N-dealkylation sites (tertiary alicyclic amines) is 1. The maximum Gasteiger partial charge on any atom is 0.238 e. The van der Waals surface area contributed by atoms with Crippen LogP contribution in [0.3, 0.4) is 0 Å². The molecule has 0 aliphatic carbocycles. The minimum Gasteiger partial charge on any atom is -0.381 e. The highest BCUT2D eigenvalue weighted by Crippen LogP contribution is 2.18. The van der Waals surface area contributed by atoms with Crippen LogP contribution >= 0.6 is 0 Å². The largest absolute Gasteiger partial charge is 0.381 e. The van der Waals surface area contributed by atoms with E-state index in [1.165, 1.54) is 5.56 Å². The Bertz CT molecular complexity index is 442. The van der Waals surface area contributed by atoms with Crippen LogP contribution in [0.2, 0.25) is 0 Å². The van der Waals surface area contributed by atoms with E-state index in [0.29, 0.717) is 12.5 Å². The molecule has 1 fully saturated rings. The van der Waals surface area contributed by atoms with Gasteiger partial charge in [-0.3, -0.25) is 15.1 Å². The zero-order valence-corrected chi connectivity index (χ0v) is 12.0. The van der Waals surface area contributed by atoms with Gasteiger partial charge >= 0.3 is 0 Å². The molecule has 0 unspecified atom stereocenters. The van der Waals surface area contributed by atoms with E-state index in [1.807, 2.05) is 18.2 Å². The Kier molecular flexibility index (Phi) is 5.52. The number of hydrogen-bond donors (Lipinski definition) is 2. The predicted octanol–water partition coefficient (Wildman–Crippen LogP) is 0.830. The quantitative estimate of drug-likeness (QED) is 0.475. The molecular formula is C15H23N3O2. The molecule has 0 spiro atoms. The van der Waals surface area contributed by atoms with Crippen LogP contribution in [0.4, 0.5) is 0 Å². The molecule has 1 aliphatic heterocycles. The van der Waals surface area contributed by atoms with Gasteiger partial charge in [0, 0.05) is 26.7 Å². The van der Waals surface area contributed by atoms with Crippen molar-refractivity contribution in [2.45, 2.75) is 31.9 Å². The van der Waals surface area contributed by atoms with Crippen LogP contribution < -0.4 is 11.3 Å². The molecule has 0 saturated carbocycles. The number of hydrazine groups is 1. The molecule has 0 bridgehead atoms. The fraction of sp³-hybridized carbons (Fsp3) is 0.533. The van der Waals surface area contributed by atoms with Crippen LogP contribution in [0.5, 0.6) is 0 Å². The van der Waals surface area contributed by atoms with Crippen LogP contribution in [0, 0.1) is 0 Å². The summed E-state index contributed by atoms with van der Waals surface area (Å²) in [6.07, 6.45) is 2.87. The van der Waals surface area contributed by atoms with Crippen molar-refractivity contribution >= 4 is 5.91 Å². The van der Waals surface area contributed by atoms with E-state index in [2.05, 4.69) is 16.4 Å². The lowest BCUT2D eigenvalue weighted by atomic mass is 10.0. The van der Waals surface area contributed by atoms with Crippen LogP contribution in [-0.4, -0.2) is 37.1 Å². The van der Waals surface area contributed by atoms with Crippen LogP contribution in [0.15, 0.2) is 24.3 Å². The van der Waals surface area contributed by atoms with Gasteiger partial charge in [0.25, 0.3) is 0 Å². The summed E-state index contributed by atoms with van der Waals surface area (Å²) < 4.78 is 5.39. The van der Waals surface area contributed by atoms with E-state index < -0.39 is 0 Å². The van der Waals surface area contributed by atoms with Gasteiger partial charge in [-0.15, -0.1) is 0 Å². The minimum atomic E-state index is -0.157. The fourth-order valence-electron chi connectivity index (χ4n) is 2.65. The van der Waals surface area contributed by atoms with Crippen molar-refractivity contribution in [2.75, 3.05) is 20.2 Å². The second-order valence-corrected chi connectivity index (χ2v) is 5.22. The average molecular weight is 277 g/mol. The summed E-state index contributed by atoms with van der Waals surface area (Å²) in [4.78, 5) is 13.9. The number of nitrogens with two attached hydrogens (primary N) is 1. The topological polar surface area (TPSA) is 67.6 Å². The first-order valence-corrected chi connectivity index (χ1v) is 7.04. The Morgan fingerprint density at radius 2 is 2.00 bits per heavy atom. The van der Waals surface area contributed by atoms with Crippen LogP contribution in [0.1, 0.15) is 24.0 Å². The number of ether oxygens (including phenoxy) is 1. The lowest BCUT2D eigenvalue weighted by Crippen LogP contribution is -2.36. The number of carbonyl (C=O) groups is 1. The molecule has 1 amide bonds. The Hall–Kier alpha value is -1.43. The van der Waals surface area contributed by atoms with Crippen molar-refractivity contribution < 1.29 is 9.53 Å². The highest BCUT2D eigenvalue weighted by Gasteiger charge is 2.19. The lowest BCUT2D eigenvalue weighted by Gasteiger charge is -2.31. The first-order chi connectivity index (χ1) is 9.72. The van der Waals surface area contributed by atoms with Gasteiger partial charge in [-0.25, -0.2) is 5.84 Å².